The summed E-state index contributed by atoms with van der Waals surface area (Å²) >= 11 is 6.10. The number of nitrogens with one attached hydrogen (secondary N) is 1. The van der Waals surface area contributed by atoms with Gasteiger partial charge < -0.3 is 10.1 Å². The quantitative estimate of drug-likeness (QED) is 0.914. The molecule has 5 heteroatoms. The highest BCUT2D eigenvalue weighted by Crippen LogP contribution is 2.31. The molecule has 1 aliphatic heterocycles. The van der Waals surface area contributed by atoms with Gasteiger partial charge in [0.15, 0.2) is 0 Å². The number of aryl methyl sites for hydroxylation is 1. The Morgan fingerprint density at radius 1 is 1.27 bits per heavy atom. The van der Waals surface area contributed by atoms with E-state index in [-0.39, 0.29) is 11.9 Å². The Morgan fingerprint density at radius 2 is 1.91 bits per heavy atom. The maximum atomic E-state index is 12.5. The van der Waals surface area contributed by atoms with Crippen LogP contribution in [0.2, 0.25) is 5.02 Å². The smallest absolute Gasteiger partial charge is 0.241 e. The summed E-state index contributed by atoms with van der Waals surface area (Å²) in [6.07, 6.45) is 4.85. The van der Waals surface area contributed by atoms with E-state index in [1.165, 1.54) is 25.7 Å². The van der Waals surface area contributed by atoms with Gasteiger partial charge in [-0.2, -0.15) is 0 Å². The van der Waals surface area contributed by atoms with Crippen molar-refractivity contribution in [2.24, 2.45) is 0 Å². The Bertz CT molecular complexity index is 526. The third-order valence-electron chi connectivity index (χ3n) is 4.31. The average molecular weight is 325 g/mol. The number of hydrogen-bond donors (Lipinski definition) is 1. The molecule has 1 aromatic rings. The highest BCUT2D eigenvalue weighted by atomic mass is 35.5. The monoisotopic (exact) mass is 324 g/mol. The molecular weight excluding hydrogens is 300 g/mol. The second-order valence-electron chi connectivity index (χ2n) is 5.92. The Morgan fingerprint density at radius 3 is 2.50 bits per heavy atom. The van der Waals surface area contributed by atoms with Crippen LogP contribution in [-0.2, 0) is 4.79 Å². The van der Waals surface area contributed by atoms with Crippen molar-refractivity contribution in [3.05, 3.63) is 22.7 Å². The van der Waals surface area contributed by atoms with Crippen molar-refractivity contribution in [2.75, 3.05) is 25.5 Å². The number of halogens is 1. The topological polar surface area (TPSA) is 41.6 Å². The van der Waals surface area contributed by atoms with E-state index in [4.69, 9.17) is 16.3 Å². The first-order valence-electron chi connectivity index (χ1n) is 7.92. The molecule has 1 aliphatic rings. The van der Waals surface area contributed by atoms with Gasteiger partial charge in [-0.3, -0.25) is 9.69 Å². The third kappa shape index (κ3) is 4.14. The van der Waals surface area contributed by atoms with Crippen molar-refractivity contribution in [1.29, 1.82) is 0 Å². The second kappa shape index (κ2) is 7.84. The number of carbonyl (C=O) groups is 1. The van der Waals surface area contributed by atoms with Crippen LogP contribution >= 0.6 is 11.6 Å². The molecule has 0 aliphatic carbocycles. The van der Waals surface area contributed by atoms with Gasteiger partial charge in [0.25, 0.3) is 0 Å². The van der Waals surface area contributed by atoms with Gasteiger partial charge in [-0.05, 0) is 51.4 Å². The zero-order valence-electron chi connectivity index (χ0n) is 13.6. The summed E-state index contributed by atoms with van der Waals surface area (Å²) in [6.45, 7) is 5.86. The zero-order chi connectivity index (χ0) is 16.1. The fraction of sp³-hybridized carbons (Fsp3) is 0.588. The van der Waals surface area contributed by atoms with Crippen molar-refractivity contribution in [1.82, 2.24) is 4.90 Å². The molecule has 0 spiro atoms. The summed E-state index contributed by atoms with van der Waals surface area (Å²) < 4.78 is 5.31. The number of rotatable bonds is 4. The van der Waals surface area contributed by atoms with Crippen molar-refractivity contribution in [2.45, 2.75) is 45.6 Å². The van der Waals surface area contributed by atoms with Crippen LogP contribution < -0.4 is 10.1 Å². The Kier molecular flexibility index (Phi) is 6.09. The first-order chi connectivity index (χ1) is 10.5. The summed E-state index contributed by atoms with van der Waals surface area (Å²) in [4.78, 5) is 14.8. The minimum absolute atomic E-state index is 0.00178. The number of amides is 1. The van der Waals surface area contributed by atoms with Gasteiger partial charge in [0, 0.05) is 11.1 Å². The third-order valence-corrected chi connectivity index (χ3v) is 4.71. The number of methoxy groups -OCH3 is 1. The van der Waals surface area contributed by atoms with E-state index < -0.39 is 0 Å². The van der Waals surface area contributed by atoms with Crippen molar-refractivity contribution in [3.8, 4) is 5.75 Å². The first-order valence-corrected chi connectivity index (χ1v) is 8.29. The number of hydrogen-bond acceptors (Lipinski definition) is 3. The van der Waals surface area contributed by atoms with Crippen LogP contribution in [0.5, 0.6) is 5.75 Å². The Labute approximate surface area is 137 Å². The number of ether oxygens (including phenoxy) is 1. The standard InChI is InChI=1S/C17H25ClN2O2/c1-12-10-15(16(22-3)11-14(12)18)19-17(21)13(2)20-8-6-4-5-7-9-20/h10-11,13H,4-9H2,1-3H3,(H,19,21)/t13-/m0/s1. The van der Waals surface area contributed by atoms with E-state index in [1.54, 1.807) is 13.2 Å². The summed E-state index contributed by atoms with van der Waals surface area (Å²) in [5, 5.41) is 3.62. The van der Waals surface area contributed by atoms with Crippen LogP contribution in [0.15, 0.2) is 12.1 Å². The van der Waals surface area contributed by atoms with Crippen molar-refractivity contribution in [3.63, 3.8) is 0 Å². The maximum Gasteiger partial charge on any atom is 0.241 e. The van der Waals surface area contributed by atoms with Crippen molar-refractivity contribution < 1.29 is 9.53 Å². The van der Waals surface area contributed by atoms with Crippen LogP contribution in [0.4, 0.5) is 5.69 Å². The number of likely N-dealkylation sites (tertiary alicyclic amines) is 1. The molecule has 2 rings (SSSR count). The molecule has 0 radical (unpaired) electrons. The second-order valence-corrected chi connectivity index (χ2v) is 6.32. The van der Waals surface area contributed by atoms with Gasteiger partial charge in [0.2, 0.25) is 5.91 Å². The highest BCUT2D eigenvalue weighted by Gasteiger charge is 2.23. The maximum absolute atomic E-state index is 12.5. The van der Waals surface area contributed by atoms with Crippen LogP contribution in [0.3, 0.4) is 0 Å². The Balaban J connectivity index is 2.09. The lowest BCUT2D eigenvalue weighted by Gasteiger charge is -2.26. The summed E-state index contributed by atoms with van der Waals surface area (Å²) in [5.41, 5.74) is 1.59. The van der Waals surface area contributed by atoms with E-state index in [9.17, 15) is 4.79 Å². The molecular formula is C17H25ClN2O2. The predicted octanol–water partition coefficient (Wildman–Crippen LogP) is 3.86. The van der Waals surface area contributed by atoms with Crippen molar-refractivity contribution >= 4 is 23.2 Å². The van der Waals surface area contributed by atoms with Gasteiger partial charge >= 0.3 is 0 Å². The van der Waals surface area contributed by atoms with Gasteiger partial charge in [0.05, 0.1) is 18.8 Å². The van der Waals surface area contributed by atoms with E-state index >= 15 is 0 Å². The molecule has 1 fully saturated rings. The van der Waals surface area contributed by atoms with E-state index in [2.05, 4.69) is 10.2 Å². The molecule has 22 heavy (non-hydrogen) atoms. The molecule has 1 amide bonds. The molecule has 0 aromatic heterocycles. The lowest BCUT2D eigenvalue weighted by atomic mass is 10.2. The molecule has 1 heterocycles. The largest absolute Gasteiger partial charge is 0.495 e. The molecule has 1 saturated heterocycles. The fourth-order valence-corrected chi connectivity index (χ4v) is 2.97. The van der Waals surface area contributed by atoms with E-state index in [0.717, 1.165) is 18.7 Å². The van der Waals surface area contributed by atoms with E-state index in [1.807, 2.05) is 19.9 Å². The first kappa shape index (κ1) is 17.1. The number of carbonyl (C=O) groups excluding carboxylic acids is 1. The van der Waals surface area contributed by atoms with Gasteiger partial charge in [-0.15, -0.1) is 0 Å². The summed E-state index contributed by atoms with van der Waals surface area (Å²) in [6, 6.07) is 3.45. The molecule has 0 bridgehead atoms. The Hall–Kier alpha value is -1.26. The van der Waals surface area contributed by atoms with Gasteiger partial charge in [-0.1, -0.05) is 24.4 Å². The summed E-state index contributed by atoms with van der Waals surface area (Å²) in [7, 11) is 1.58. The zero-order valence-corrected chi connectivity index (χ0v) is 14.4. The lowest BCUT2D eigenvalue weighted by molar-refractivity contribution is -0.120. The van der Waals surface area contributed by atoms with Crippen LogP contribution in [0.25, 0.3) is 0 Å². The van der Waals surface area contributed by atoms with E-state index in [0.29, 0.717) is 16.5 Å². The molecule has 1 N–H and O–H groups in total. The number of benzene rings is 1. The molecule has 4 nitrogen and oxygen atoms in total. The lowest BCUT2D eigenvalue weighted by Crippen LogP contribution is -2.42. The predicted molar refractivity (Wildman–Crippen MR) is 90.9 cm³/mol. The number of nitrogens with zero attached hydrogens (tertiary/aromatic N) is 1. The minimum atomic E-state index is -0.140. The average Bonchev–Trinajstić information content (AvgIpc) is 2.79. The highest BCUT2D eigenvalue weighted by molar-refractivity contribution is 6.31. The molecule has 1 atom stereocenters. The van der Waals surface area contributed by atoms with Gasteiger partial charge in [0.1, 0.15) is 5.75 Å². The molecule has 0 unspecified atom stereocenters. The van der Waals surface area contributed by atoms with Crippen LogP contribution in [-0.4, -0.2) is 37.0 Å². The van der Waals surface area contributed by atoms with Crippen LogP contribution in [0, 0.1) is 6.92 Å². The fourth-order valence-electron chi connectivity index (χ4n) is 2.82. The molecule has 122 valence electrons. The normalized spacial score (nSPS) is 17.6. The van der Waals surface area contributed by atoms with Gasteiger partial charge in [-0.25, -0.2) is 0 Å². The molecule has 0 saturated carbocycles. The summed E-state index contributed by atoms with van der Waals surface area (Å²) in [5.74, 6) is 0.592. The van der Waals surface area contributed by atoms with Crippen LogP contribution in [0.1, 0.15) is 38.2 Å². The number of anilines is 1. The molecule has 1 aromatic carbocycles. The SMILES string of the molecule is COc1cc(Cl)c(C)cc1NC(=O)[C@H](C)N1CCCCCC1. The minimum Gasteiger partial charge on any atom is -0.495 e.